The summed E-state index contributed by atoms with van der Waals surface area (Å²) in [4.78, 5) is 27.2. The van der Waals surface area contributed by atoms with Crippen LogP contribution in [0.5, 0.6) is 0 Å². The van der Waals surface area contributed by atoms with Crippen LogP contribution in [0.25, 0.3) is 5.69 Å². The number of benzene rings is 1. The SMILES string of the molecule is CC(C)(C)C(=O)N1CCCC(C(=O)Nc2ccnn2-c2cccc(Cl)c2)C1. The fourth-order valence-electron chi connectivity index (χ4n) is 3.29. The van der Waals surface area contributed by atoms with Gasteiger partial charge in [-0.05, 0) is 31.0 Å². The van der Waals surface area contributed by atoms with Gasteiger partial charge in [0.2, 0.25) is 11.8 Å². The lowest BCUT2D eigenvalue weighted by Crippen LogP contribution is -2.47. The number of halogens is 1. The van der Waals surface area contributed by atoms with Crippen molar-refractivity contribution in [1.29, 1.82) is 0 Å². The third kappa shape index (κ3) is 4.50. The summed E-state index contributed by atoms with van der Waals surface area (Å²) in [5.74, 6) is 0.350. The molecule has 0 radical (unpaired) electrons. The zero-order valence-corrected chi connectivity index (χ0v) is 16.7. The Balaban J connectivity index is 1.71. The maximum atomic E-state index is 12.8. The van der Waals surface area contributed by atoms with Gasteiger partial charge in [-0.15, -0.1) is 0 Å². The van der Waals surface area contributed by atoms with Gasteiger partial charge in [0, 0.05) is 29.6 Å². The van der Waals surface area contributed by atoms with E-state index in [9.17, 15) is 9.59 Å². The fraction of sp³-hybridized carbons (Fsp3) is 0.450. The van der Waals surface area contributed by atoms with Crippen molar-refractivity contribution in [3.63, 3.8) is 0 Å². The number of aromatic nitrogens is 2. The van der Waals surface area contributed by atoms with E-state index in [1.807, 2.05) is 37.8 Å². The van der Waals surface area contributed by atoms with Gasteiger partial charge in [0.15, 0.2) is 0 Å². The topological polar surface area (TPSA) is 67.2 Å². The maximum Gasteiger partial charge on any atom is 0.230 e. The molecule has 2 heterocycles. The summed E-state index contributed by atoms with van der Waals surface area (Å²) in [7, 11) is 0. The average Bonchev–Trinajstić information content (AvgIpc) is 3.08. The quantitative estimate of drug-likeness (QED) is 0.870. The van der Waals surface area contributed by atoms with Gasteiger partial charge in [-0.1, -0.05) is 38.4 Å². The zero-order chi connectivity index (χ0) is 19.6. The lowest BCUT2D eigenvalue weighted by Gasteiger charge is -2.35. The smallest absolute Gasteiger partial charge is 0.230 e. The number of likely N-dealkylation sites (tertiary alicyclic amines) is 1. The first kappa shape index (κ1) is 19.4. The first-order valence-electron chi connectivity index (χ1n) is 9.16. The van der Waals surface area contributed by atoms with Crippen molar-refractivity contribution in [2.45, 2.75) is 33.6 Å². The predicted molar refractivity (Wildman–Crippen MR) is 106 cm³/mol. The average molecular weight is 389 g/mol. The Morgan fingerprint density at radius 1 is 1.26 bits per heavy atom. The summed E-state index contributed by atoms with van der Waals surface area (Å²) in [5, 5.41) is 7.84. The molecule has 0 bridgehead atoms. The molecule has 3 rings (SSSR count). The molecule has 1 aromatic heterocycles. The van der Waals surface area contributed by atoms with E-state index in [2.05, 4.69) is 10.4 Å². The van der Waals surface area contributed by atoms with E-state index in [1.165, 1.54) is 0 Å². The normalized spacial score (nSPS) is 17.6. The lowest BCUT2D eigenvalue weighted by atomic mass is 9.91. The molecule has 1 aliphatic heterocycles. The summed E-state index contributed by atoms with van der Waals surface area (Å²) in [6.07, 6.45) is 3.23. The van der Waals surface area contributed by atoms with Crippen LogP contribution in [0.1, 0.15) is 33.6 Å². The minimum absolute atomic E-state index is 0.0870. The molecule has 1 aromatic carbocycles. The molecule has 0 spiro atoms. The number of anilines is 1. The Hall–Kier alpha value is -2.34. The third-order valence-corrected chi connectivity index (χ3v) is 4.90. The first-order chi connectivity index (χ1) is 12.8. The highest BCUT2D eigenvalue weighted by atomic mass is 35.5. The minimum Gasteiger partial charge on any atom is -0.341 e. The molecule has 0 aliphatic carbocycles. The number of nitrogens with zero attached hydrogens (tertiary/aromatic N) is 3. The molecule has 1 aliphatic rings. The van der Waals surface area contributed by atoms with E-state index in [0.717, 1.165) is 18.5 Å². The number of carbonyl (C=O) groups excluding carboxylic acids is 2. The maximum absolute atomic E-state index is 12.8. The van der Waals surface area contributed by atoms with Crippen LogP contribution >= 0.6 is 11.6 Å². The van der Waals surface area contributed by atoms with E-state index in [-0.39, 0.29) is 17.7 Å². The van der Waals surface area contributed by atoms with Gasteiger partial charge in [0.1, 0.15) is 5.82 Å². The molecule has 1 saturated heterocycles. The third-order valence-electron chi connectivity index (χ3n) is 4.67. The van der Waals surface area contributed by atoms with Crippen molar-refractivity contribution in [3.8, 4) is 5.69 Å². The minimum atomic E-state index is -0.441. The van der Waals surface area contributed by atoms with Gasteiger partial charge in [-0.25, -0.2) is 4.68 Å². The summed E-state index contributed by atoms with van der Waals surface area (Å²) in [6.45, 7) is 6.88. The van der Waals surface area contributed by atoms with Crippen LogP contribution < -0.4 is 5.32 Å². The number of piperidine rings is 1. The second kappa shape index (κ2) is 7.72. The zero-order valence-electron chi connectivity index (χ0n) is 15.9. The molecule has 1 fully saturated rings. The highest BCUT2D eigenvalue weighted by Crippen LogP contribution is 2.25. The molecule has 6 nitrogen and oxygen atoms in total. The summed E-state index contributed by atoms with van der Waals surface area (Å²) < 4.78 is 1.64. The largest absolute Gasteiger partial charge is 0.341 e. The number of nitrogens with one attached hydrogen (secondary N) is 1. The Kier molecular flexibility index (Phi) is 5.56. The Bertz CT molecular complexity index is 841. The van der Waals surface area contributed by atoms with E-state index in [0.29, 0.717) is 23.9 Å². The van der Waals surface area contributed by atoms with Crippen molar-refractivity contribution in [3.05, 3.63) is 41.6 Å². The molecular formula is C20H25ClN4O2. The van der Waals surface area contributed by atoms with Crippen LogP contribution in [0.2, 0.25) is 5.02 Å². The number of rotatable bonds is 3. The molecule has 7 heteroatoms. The van der Waals surface area contributed by atoms with Gasteiger partial charge < -0.3 is 10.2 Å². The van der Waals surface area contributed by atoms with Crippen LogP contribution in [-0.4, -0.2) is 39.6 Å². The first-order valence-corrected chi connectivity index (χ1v) is 9.54. The van der Waals surface area contributed by atoms with Gasteiger partial charge in [-0.2, -0.15) is 5.10 Å². The summed E-state index contributed by atoms with van der Waals surface area (Å²) >= 11 is 6.06. The molecule has 144 valence electrons. The monoisotopic (exact) mass is 388 g/mol. The fourth-order valence-corrected chi connectivity index (χ4v) is 3.47. The van der Waals surface area contributed by atoms with Crippen LogP contribution in [0, 0.1) is 11.3 Å². The Morgan fingerprint density at radius 3 is 2.74 bits per heavy atom. The van der Waals surface area contributed by atoms with Crippen molar-refractivity contribution in [2.24, 2.45) is 11.3 Å². The van der Waals surface area contributed by atoms with Crippen LogP contribution in [0.3, 0.4) is 0 Å². The van der Waals surface area contributed by atoms with Gasteiger partial charge in [-0.3, -0.25) is 9.59 Å². The van der Waals surface area contributed by atoms with E-state index in [1.54, 1.807) is 29.1 Å². The Labute approximate surface area is 164 Å². The van der Waals surface area contributed by atoms with Crippen molar-refractivity contribution >= 4 is 29.2 Å². The lowest BCUT2D eigenvalue weighted by molar-refractivity contribution is -0.142. The summed E-state index contributed by atoms with van der Waals surface area (Å²) in [6, 6.07) is 9.03. The molecule has 1 unspecified atom stereocenters. The summed E-state index contributed by atoms with van der Waals surface area (Å²) in [5.41, 5.74) is 0.333. The highest BCUT2D eigenvalue weighted by molar-refractivity contribution is 6.30. The van der Waals surface area contributed by atoms with E-state index in [4.69, 9.17) is 11.6 Å². The van der Waals surface area contributed by atoms with Crippen LogP contribution in [0.4, 0.5) is 5.82 Å². The van der Waals surface area contributed by atoms with Crippen molar-refractivity contribution in [1.82, 2.24) is 14.7 Å². The molecule has 2 amide bonds. The second-order valence-corrected chi connectivity index (χ2v) is 8.37. The van der Waals surface area contributed by atoms with Crippen LogP contribution in [0.15, 0.2) is 36.5 Å². The van der Waals surface area contributed by atoms with E-state index >= 15 is 0 Å². The standard InChI is InChI=1S/C20H25ClN4O2/c1-20(2,3)19(27)24-11-5-6-14(13-24)18(26)23-17-9-10-22-25(17)16-8-4-7-15(21)12-16/h4,7-10,12,14H,5-6,11,13H2,1-3H3,(H,23,26). The number of hydrogen-bond acceptors (Lipinski definition) is 3. The second-order valence-electron chi connectivity index (χ2n) is 7.94. The number of hydrogen-bond donors (Lipinski definition) is 1. The highest BCUT2D eigenvalue weighted by Gasteiger charge is 2.33. The van der Waals surface area contributed by atoms with Gasteiger partial charge >= 0.3 is 0 Å². The molecule has 27 heavy (non-hydrogen) atoms. The molecule has 2 aromatic rings. The van der Waals surface area contributed by atoms with Crippen LogP contribution in [-0.2, 0) is 9.59 Å². The molecule has 0 saturated carbocycles. The molecule has 1 N–H and O–H groups in total. The molecular weight excluding hydrogens is 364 g/mol. The van der Waals surface area contributed by atoms with Gasteiger partial charge in [0.25, 0.3) is 0 Å². The molecule has 1 atom stereocenters. The number of carbonyl (C=O) groups is 2. The number of amides is 2. The predicted octanol–water partition coefficient (Wildman–Crippen LogP) is 3.75. The van der Waals surface area contributed by atoms with Gasteiger partial charge in [0.05, 0.1) is 17.8 Å². The Morgan fingerprint density at radius 2 is 2.04 bits per heavy atom. The van der Waals surface area contributed by atoms with Crippen molar-refractivity contribution in [2.75, 3.05) is 18.4 Å². The van der Waals surface area contributed by atoms with Crippen molar-refractivity contribution < 1.29 is 9.59 Å². The van der Waals surface area contributed by atoms with E-state index < -0.39 is 5.41 Å².